The Labute approximate surface area is 123 Å². The van der Waals surface area contributed by atoms with Crippen LogP contribution in [0.15, 0.2) is 23.1 Å². The molecule has 7 heteroatoms. The van der Waals surface area contributed by atoms with Crippen LogP contribution in [0.4, 0.5) is 8.78 Å². The molecule has 0 saturated heterocycles. The molecule has 0 amide bonds. The van der Waals surface area contributed by atoms with Gasteiger partial charge in [-0.1, -0.05) is 20.8 Å². The monoisotopic (exact) mass is 325 g/mol. The van der Waals surface area contributed by atoms with Gasteiger partial charge in [0.2, 0.25) is 10.0 Å². The molecular weight excluding hydrogens is 308 g/mol. The molecule has 0 aliphatic heterocycles. The summed E-state index contributed by atoms with van der Waals surface area (Å²) < 4.78 is 52.5. The molecule has 0 heterocycles. The number of sulfonamides is 1. The molecule has 0 aromatic heterocycles. The summed E-state index contributed by atoms with van der Waals surface area (Å²) in [6, 6.07) is 2.28. The van der Waals surface area contributed by atoms with E-state index in [1.807, 2.05) is 20.8 Å². The second-order valence-electron chi connectivity index (χ2n) is 5.79. The molecule has 1 aromatic rings. The SMILES string of the molecule is CC(C)(C)CC(Cl)CNS(=O)(=O)c1cc(F)ccc1F. The maximum Gasteiger partial charge on any atom is 0.243 e. The molecule has 20 heavy (non-hydrogen) atoms. The molecule has 0 bridgehead atoms. The van der Waals surface area contributed by atoms with E-state index in [1.54, 1.807) is 0 Å². The topological polar surface area (TPSA) is 46.2 Å². The standard InChI is InChI=1S/C13H18ClF2NO2S/c1-13(2,3)7-9(14)8-17-20(18,19)12-6-10(15)4-5-11(12)16/h4-6,9,17H,7-8H2,1-3H3. The number of halogens is 3. The van der Waals surface area contributed by atoms with Gasteiger partial charge in [-0.25, -0.2) is 21.9 Å². The Morgan fingerprint density at radius 2 is 1.90 bits per heavy atom. The van der Waals surface area contributed by atoms with Gasteiger partial charge in [-0.15, -0.1) is 11.6 Å². The quantitative estimate of drug-likeness (QED) is 0.844. The van der Waals surface area contributed by atoms with Crippen LogP contribution < -0.4 is 4.72 Å². The molecular formula is C13H18ClF2NO2S. The van der Waals surface area contributed by atoms with Gasteiger partial charge in [0, 0.05) is 11.9 Å². The molecule has 1 rings (SSSR count). The minimum atomic E-state index is -4.11. The zero-order valence-corrected chi connectivity index (χ0v) is 13.2. The second-order valence-corrected chi connectivity index (χ2v) is 8.14. The van der Waals surface area contributed by atoms with E-state index in [9.17, 15) is 17.2 Å². The number of hydrogen-bond donors (Lipinski definition) is 1. The maximum atomic E-state index is 13.4. The van der Waals surface area contributed by atoms with Crippen molar-refractivity contribution in [2.75, 3.05) is 6.54 Å². The van der Waals surface area contributed by atoms with Gasteiger partial charge < -0.3 is 0 Å². The first kappa shape index (κ1) is 17.3. The Balaban J connectivity index is 2.78. The summed E-state index contributed by atoms with van der Waals surface area (Å²) in [6.45, 7) is 5.88. The highest BCUT2D eigenvalue weighted by molar-refractivity contribution is 7.89. The van der Waals surface area contributed by atoms with Crippen molar-refractivity contribution in [3.8, 4) is 0 Å². The Kier molecular flexibility index (Phi) is 5.52. The van der Waals surface area contributed by atoms with Crippen LogP contribution in [0.2, 0.25) is 0 Å². The highest BCUT2D eigenvalue weighted by Gasteiger charge is 2.23. The van der Waals surface area contributed by atoms with Crippen LogP contribution in [0.3, 0.4) is 0 Å². The molecule has 1 unspecified atom stereocenters. The van der Waals surface area contributed by atoms with Crippen LogP contribution in [-0.2, 0) is 10.0 Å². The Morgan fingerprint density at radius 3 is 2.45 bits per heavy atom. The molecule has 0 fully saturated rings. The van der Waals surface area contributed by atoms with E-state index in [2.05, 4.69) is 4.72 Å². The second kappa shape index (κ2) is 6.37. The lowest BCUT2D eigenvalue weighted by Crippen LogP contribution is -2.32. The van der Waals surface area contributed by atoms with Gasteiger partial charge in [0.05, 0.1) is 0 Å². The zero-order valence-electron chi connectivity index (χ0n) is 11.6. The molecule has 114 valence electrons. The number of hydrogen-bond acceptors (Lipinski definition) is 2. The lowest BCUT2D eigenvalue weighted by Gasteiger charge is -2.22. The average Bonchev–Trinajstić information content (AvgIpc) is 2.27. The fourth-order valence-corrected chi connectivity index (χ4v) is 3.50. The Hall–Kier alpha value is -0.720. The molecule has 0 aliphatic carbocycles. The summed E-state index contributed by atoms with van der Waals surface area (Å²) in [5, 5.41) is -0.429. The lowest BCUT2D eigenvalue weighted by molar-refractivity contribution is 0.369. The average molecular weight is 326 g/mol. The fourth-order valence-electron chi connectivity index (χ4n) is 1.70. The third-order valence-corrected chi connectivity index (χ3v) is 4.26. The first-order valence-electron chi connectivity index (χ1n) is 6.10. The molecule has 1 N–H and O–H groups in total. The molecule has 0 saturated carbocycles. The van der Waals surface area contributed by atoms with Crippen molar-refractivity contribution in [1.29, 1.82) is 0 Å². The van der Waals surface area contributed by atoms with Gasteiger partial charge in [-0.3, -0.25) is 0 Å². The zero-order chi connectivity index (χ0) is 15.6. The molecule has 0 spiro atoms. The smallest absolute Gasteiger partial charge is 0.210 e. The number of benzene rings is 1. The van der Waals surface area contributed by atoms with Crippen LogP contribution in [0.1, 0.15) is 27.2 Å². The lowest BCUT2D eigenvalue weighted by atomic mass is 9.90. The van der Waals surface area contributed by atoms with Gasteiger partial charge >= 0.3 is 0 Å². The van der Waals surface area contributed by atoms with Gasteiger partial charge in [-0.05, 0) is 30.0 Å². The summed E-state index contributed by atoms with van der Waals surface area (Å²) in [5.41, 5.74) is -0.0536. The van der Waals surface area contributed by atoms with E-state index in [-0.39, 0.29) is 12.0 Å². The molecule has 0 aliphatic rings. The summed E-state index contributed by atoms with van der Waals surface area (Å²) >= 11 is 6.04. The molecule has 1 aromatic carbocycles. The van der Waals surface area contributed by atoms with E-state index in [4.69, 9.17) is 11.6 Å². The van der Waals surface area contributed by atoms with E-state index in [1.165, 1.54) is 0 Å². The summed E-state index contributed by atoms with van der Waals surface area (Å²) in [7, 11) is -4.11. The first-order chi connectivity index (χ1) is 9.01. The van der Waals surface area contributed by atoms with Crippen molar-refractivity contribution in [2.24, 2.45) is 5.41 Å². The van der Waals surface area contributed by atoms with Crippen molar-refractivity contribution in [1.82, 2.24) is 4.72 Å². The van der Waals surface area contributed by atoms with Crippen molar-refractivity contribution in [2.45, 2.75) is 37.5 Å². The number of alkyl halides is 1. The van der Waals surface area contributed by atoms with Crippen LogP contribution in [0, 0.1) is 17.0 Å². The number of nitrogens with one attached hydrogen (secondary N) is 1. The first-order valence-corrected chi connectivity index (χ1v) is 8.02. The van der Waals surface area contributed by atoms with E-state index >= 15 is 0 Å². The van der Waals surface area contributed by atoms with Crippen LogP contribution in [0.5, 0.6) is 0 Å². The van der Waals surface area contributed by atoms with Crippen molar-refractivity contribution in [3.63, 3.8) is 0 Å². The Bertz CT molecular complexity index is 570. The van der Waals surface area contributed by atoms with Crippen LogP contribution in [-0.4, -0.2) is 20.3 Å². The van der Waals surface area contributed by atoms with E-state index in [0.29, 0.717) is 12.5 Å². The van der Waals surface area contributed by atoms with Gasteiger partial charge in [0.1, 0.15) is 16.5 Å². The van der Waals surface area contributed by atoms with Crippen LogP contribution in [0.25, 0.3) is 0 Å². The highest BCUT2D eigenvalue weighted by atomic mass is 35.5. The summed E-state index contributed by atoms with van der Waals surface area (Å²) in [4.78, 5) is -0.711. The van der Waals surface area contributed by atoms with E-state index in [0.717, 1.165) is 12.1 Å². The third-order valence-electron chi connectivity index (χ3n) is 2.51. The highest BCUT2D eigenvalue weighted by Crippen LogP contribution is 2.23. The predicted molar refractivity (Wildman–Crippen MR) is 75.3 cm³/mol. The van der Waals surface area contributed by atoms with E-state index < -0.39 is 31.9 Å². The largest absolute Gasteiger partial charge is 0.243 e. The fraction of sp³-hybridized carbons (Fsp3) is 0.538. The normalized spacial score (nSPS) is 14.3. The van der Waals surface area contributed by atoms with Crippen molar-refractivity contribution in [3.05, 3.63) is 29.8 Å². The van der Waals surface area contributed by atoms with Crippen molar-refractivity contribution < 1.29 is 17.2 Å². The summed E-state index contributed by atoms with van der Waals surface area (Å²) in [6.07, 6.45) is 0.586. The molecule has 0 radical (unpaired) electrons. The molecule has 1 atom stereocenters. The third kappa shape index (κ3) is 5.34. The molecule has 3 nitrogen and oxygen atoms in total. The maximum absolute atomic E-state index is 13.4. The predicted octanol–water partition coefficient (Wildman–Crippen LogP) is 3.29. The summed E-state index contributed by atoms with van der Waals surface area (Å²) in [5.74, 6) is -1.82. The minimum absolute atomic E-state index is 0.0445. The number of rotatable bonds is 5. The van der Waals surface area contributed by atoms with Gasteiger partial charge in [0.25, 0.3) is 0 Å². The van der Waals surface area contributed by atoms with Crippen molar-refractivity contribution >= 4 is 21.6 Å². The Morgan fingerprint density at radius 1 is 1.30 bits per heavy atom. The van der Waals surface area contributed by atoms with Gasteiger partial charge in [-0.2, -0.15) is 0 Å². The van der Waals surface area contributed by atoms with Gasteiger partial charge in [0.15, 0.2) is 0 Å². The van der Waals surface area contributed by atoms with Crippen LogP contribution >= 0.6 is 11.6 Å². The minimum Gasteiger partial charge on any atom is -0.210 e.